The van der Waals surface area contributed by atoms with Crippen molar-refractivity contribution in [2.45, 2.75) is 36.7 Å². The first kappa shape index (κ1) is 22.3. The molecule has 162 valence electrons. The Labute approximate surface area is 180 Å². The lowest BCUT2D eigenvalue weighted by atomic mass is 10.2. The van der Waals surface area contributed by atoms with Gasteiger partial charge in [0, 0.05) is 32.7 Å². The van der Waals surface area contributed by atoms with Gasteiger partial charge < -0.3 is 10.6 Å². The molecule has 1 heterocycles. The summed E-state index contributed by atoms with van der Waals surface area (Å²) in [6.07, 6.45) is 2.91. The van der Waals surface area contributed by atoms with Crippen molar-refractivity contribution in [3.8, 4) is 0 Å². The summed E-state index contributed by atoms with van der Waals surface area (Å²) in [6.45, 7) is 3.47. The van der Waals surface area contributed by atoms with E-state index in [-0.39, 0.29) is 5.75 Å². The third kappa shape index (κ3) is 6.57. The van der Waals surface area contributed by atoms with Gasteiger partial charge in [0.2, 0.25) is 0 Å². The molecule has 1 aliphatic rings. The molecular formula is C23H32N4O2S. The first-order chi connectivity index (χ1) is 14.6. The number of hydrogen-bond acceptors (Lipinski definition) is 4. The van der Waals surface area contributed by atoms with E-state index in [0.29, 0.717) is 23.9 Å². The third-order valence-corrected chi connectivity index (χ3v) is 7.26. The van der Waals surface area contributed by atoms with E-state index in [4.69, 9.17) is 0 Å². The lowest BCUT2D eigenvalue weighted by molar-refractivity contribution is 0.245. The molecule has 1 aliphatic heterocycles. The van der Waals surface area contributed by atoms with Gasteiger partial charge in [0.25, 0.3) is 0 Å². The molecule has 0 spiro atoms. The largest absolute Gasteiger partial charge is 0.356 e. The zero-order chi connectivity index (χ0) is 21.2. The molecule has 1 fully saturated rings. The van der Waals surface area contributed by atoms with Gasteiger partial charge in [-0.25, -0.2) is 8.42 Å². The number of hydrogen-bond donors (Lipinski definition) is 2. The minimum absolute atomic E-state index is 0.120. The zero-order valence-corrected chi connectivity index (χ0v) is 18.4. The molecule has 2 aromatic carbocycles. The average Bonchev–Trinajstić information content (AvgIpc) is 3.21. The Kier molecular flexibility index (Phi) is 8.28. The predicted octanol–water partition coefficient (Wildman–Crippen LogP) is 2.68. The third-order valence-electron chi connectivity index (χ3n) is 5.44. The average molecular weight is 429 g/mol. The summed E-state index contributed by atoms with van der Waals surface area (Å²) in [4.78, 5) is 7.17. The molecule has 2 aromatic rings. The summed E-state index contributed by atoms with van der Waals surface area (Å²) in [7, 11) is -1.49. The fourth-order valence-corrected chi connectivity index (χ4v) is 5.13. The van der Waals surface area contributed by atoms with Gasteiger partial charge in [-0.15, -0.1) is 0 Å². The molecule has 0 aliphatic carbocycles. The van der Waals surface area contributed by atoms with Crippen LogP contribution in [0.15, 0.2) is 70.6 Å². The second-order valence-corrected chi connectivity index (χ2v) is 9.73. The zero-order valence-electron chi connectivity index (χ0n) is 17.6. The van der Waals surface area contributed by atoms with Crippen LogP contribution in [-0.2, 0) is 16.4 Å². The lowest BCUT2D eigenvalue weighted by Gasteiger charge is -2.25. The number of aliphatic imine (C=N–C) groups is 1. The Balaban J connectivity index is 1.40. The van der Waals surface area contributed by atoms with Crippen molar-refractivity contribution in [2.75, 3.05) is 32.4 Å². The minimum Gasteiger partial charge on any atom is -0.356 e. The molecule has 0 aromatic heterocycles. The predicted molar refractivity (Wildman–Crippen MR) is 122 cm³/mol. The number of nitrogens with zero attached hydrogens (tertiary/aromatic N) is 2. The highest BCUT2D eigenvalue weighted by Gasteiger charge is 2.24. The molecule has 0 amide bonds. The van der Waals surface area contributed by atoms with E-state index < -0.39 is 9.84 Å². The van der Waals surface area contributed by atoms with E-state index in [1.165, 1.54) is 18.4 Å². The quantitative estimate of drug-likeness (QED) is 0.365. The summed E-state index contributed by atoms with van der Waals surface area (Å²) >= 11 is 0. The fraction of sp³-hybridized carbons (Fsp3) is 0.435. The van der Waals surface area contributed by atoms with E-state index in [1.54, 1.807) is 31.3 Å². The van der Waals surface area contributed by atoms with Gasteiger partial charge >= 0.3 is 0 Å². The Morgan fingerprint density at radius 1 is 1.07 bits per heavy atom. The Morgan fingerprint density at radius 3 is 2.47 bits per heavy atom. The number of rotatable bonds is 9. The molecular weight excluding hydrogens is 396 g/mol. The molecule has 0 bridgehead atoms. The summed E-state index contributed by atoms with van der Waals surface area (Å²) in [5.41, 5.74) is 1.34. The molecule has 1 atom stereocenters. The Bertz CT molecular complexity index is 901. The van der Waals surface area contributed by atoms with Crippen molar-refractivity contribution in [1.82, 2.24) is 15.5 Å². The van der Waals surface area contributed by atoms with E-state index in [0.717, 1.165) is 25.6 Å². The van der Waals surface area contributed by atoms with E-state index >= 15 is 0 Å². The van der Waals surface area contributed by atoms with Gasteiger partial charge in [-0.1, -0.05) is 48.5 Å². The number of guanidine groups is 1. The van der Waals surface area contributed by atoms with Crippen molar-refractivity contribution in [2.24, 2.45) is 4.99 Å². The molecule has 6 nitrogen and oxygen atoms in total. The van der Waals surface area contributed by atoms with Crippen LogP contribution in [0.25, 0.3) is 0 Å². The van der Waals surface area contributed by atoms with Crippen molar-refractivity contribution < 1.29 is 8.42 Å². The number of sulfone groups is 1. The van der Waals surface area contributed by atoms with Crippen molar-refractivity contribution in [1.29, 1.82) is 0 Å². The molecule has 3 rings (SSSR count). The van der Waals surface area contributed by atoms with Gasteiger partial charge in [0.15, 0.2) is 15.8 Å². The van der Waals surface area contributed by atoms with Crippen LogP contribution >= 0.6 is 0 Å². The summed E-state index contributed by atoms with van der Waals surface area (Å²) in [5, 5.41) is 6.64. The molecule has 7 heteroatoms. The van der Waals surface area contributed by atoms with E-state index in [1.807, 2.05) is 12.1 Å². The highest BCUT2D eigenvalue weighted by atomic mass is 32.2. The Morgan fingerprint density at radius 2 is 1.77 bits per heavy atom. The molecule has 2 N–H and O–H groups in total. The smallest absolute Gasteiger partial charge is 0.191 e. The molecule has 0 radical (unpaired) electrons. The second kappa shape index (κ2) is 11.1. The SMILES string of the molecule is CN=C(NCCCS(=O)(=O)c1ccccc1)NCC1CCCN1Cc1ccccc1. The fourth-order valence-electron chi connectivity index (χ4n) is 3.80. The van der Waals surface area contributed by atoms with E-state index in [2.05, 4.69) is 44.8 Å². The van der Waals surface area contributed by atoms with E-state index in [9.17, 15) is 8.42 Å². The van der Waals surface area contributed by atoms with Crippen LogP contribution in [-0.4, -0.2) is 57.8 Å². The maximum absolute atomic E-state index is 12.4. The topological polar surface area (TPSA) is 73.8 Å². The molecule has 1 saturated heterocycles. The van der Waals surface area contributed by atoms with Gasteiger partial charge in [-0.3, -0.25) is 9.89 Å². The molecule has 30 heavy (non-hydrogen) atoms. The number of benzene rings is 2. The first-order valence-electron chi connectivity index (χ1n) is 10.6. The molecule has 0 saturated carbocycles. The van der Waals surface area contributed by atoms with Crippen LogP contribution in [0.1, 0.15) is 24.8 Å². The molecule has 1 unspecified atom stereocenters. The highest BCUT2D eigenvalue weighted by Crippen LogP contribution is 2.19. The van der Waals surface area contributed by atoms with Crippen LogP contribution in [0.3, 0.4) is 0 Å². The van der Waals surface area contributed by atoms with Crippen molar-refractivity contribution >= 4 is 15.8 Å². The highest BCUT2D eigenvalue weighted by molar-refractivity contribution is 7.91. The number of nitrogens with one attached hydrogen (secondary N) is 2. The number of likely N-dealkylation sites (tertiary alicyclic amines) is 1. The summed E-state index contributed by atoms with van der Waals surface area (Å²) in [6, 6.07) is 19.7. The van der Waals surface area contributed by atoms with Crippen LogP contribution in [0.2, 0.25) is 0 Å². The van der Waals surface area contributed by atoms with Crippen LogP contribution in [0.4, 0.5) is 0 Å². The lowest BCUT2D eigenvalue weighted by Crippen LogP contribution is -2.45. The maximum atomic E-state index is 12.4. The van der Waals surface area contributed by atoms with Gasteiger partial charge in [-0.2, -0.15) is 0 Å². The maximum Gasteiger partial charge on any atom is 0.191 e. The second-order valence-electron chi connectivity index (χ2n) is 7.62. The van der Waals surface area contributed by atoms with Crippen LogP contribution < -0.4 is 10.6 Å². The van der Waals surface area contributed by atoms with Gasteiger partial charge in [-0.05, 0) is 43.5 Å². The van der Waals surface area contributed by atoms with Crippen molar-refractivity contribution in [3.63, 3.8) is 0 Å². The standard InChI is InChI=1S/C23H32N4O2S/c1-24-23(25-15-9-17-30(28,29)22-13-6-3-7-14-22)26-18-21-12-8-16-27(21)19-20-10-4-2-5-11-20/h2-7,10-11,13-14,21H,8-9,12,15-19H2,1H3,(H2,24,25,26). The summed E-state index contributed by atoms with van der Waals surface area (Å²) < 4.78 is 24.7. The van der Waals surface area contributed by atoms with Crippen molar-refractivity contribution in [3.05, 3.63) is 66.2 Å². The van der Waals surface area contributed by atoms with Crippen LogP contribution in [0.5, 0.6) is 0 Å². The normalized spacial score (nSPS) is 17.8. The Hall–Kier alpha value is -2.38. The van der Waals surface area contributed by atoms with Gasteiger partial charge in [0.05, 0.1) is 10.6 Å². The summed E-state index contributed by atoms with van der Waals surface area (Å²) in [5.74, 6) is 0.841. The minimum atomic E-state index is -3.23. The monoisotopic (exact) mass is 428 g/mol. The van der Waals surface area contributed by atoms with Crippen LogP contribution in [0, 0.1) is 0 Å². The first-order valence-corrected chi connectivity index (χ1v) is 12.2. The van der Waals surface area contributed by atoms with Gasteiger partial charge in [0.1, 0.15) is 0 Å².